The van der Waals surface area contributed by atoms with E-state index in [1.165, 1.54) is 0 Å². The van der Waals surface area contributed by atoms with Gasteiger partial charge in [-0.1, -0.05) is 12.1 Å². The summed E-state index contributed by atoms with van der Waals surface area (Å²) in [6.07, 6.45) is 3.38. The zero-order valence-corrected chi connectivity index (χ0v) is 18.6. The molecule has 0 aliphatic carbocycles. The van der Waals surface area contributed by atoms with Crippen molar-refractivity contribution in [2.75, 3.05) is 17.2 Å². The molecule has 2 N–H and O–H groups in total. The lowest BCUT2D eigenvalue weighted by atomic mass is 10.1. The maximum atomic E-state index is 12.7. The summed E-state index contributed by atoms with van der Waals surface area (Å²) in [7, 11) is 1.84. The summed E-state index contributed by atoms with van der Waals surface area (Å²) in [5, 5.41) is 10.5. The first-order chi connectivity index (χ1) is 15.4. The third-order valence-corrected chi connectivity index (χ3v) is 5.19. The minimum absolute atomic E-state index is 0.0421. The normalized spacial score (nSPS) is 11.9. The molecule has 2 aromatic carbocycles. The fourth-order valence-corrected chi connectivity index (χ4v) is 3.49. The molecule has 0 radical (unpaired) electrons. The van der Waals surface area contributed by atoms with Gasteiger partial charge in [0.05, 0.1) is 25.0 Å². The van der Waals surface area contributed by atoms with Crippen LogP contribution in [-0.4, -0.2) is 32.3 Å². The van der Waals surface area contributed by atoms with Gasteiger partial charge in [0.15, 0.2) is 5.65 Å². The van der Waals surface area contributed by atoms with Gasteiger partial charge in [-0.05, 0) is 62.2 Å². The molecule has 1 atom stereocenters. The molecule has 8 nitrogen and oxygen atoms in total. The van der Waals surface area contributed by atoms with E-state index < -0.39 is 0 Å². The lowest BCUT2D eigenvalue weighted by Crippen LogP contribution is -2.13. The molecule has 4 aromatic rings. The first-order valence-corrected chi connectivity index (χ1v) is 10.5. The Balaban J connectivity index is 1.47. The van der Waals surface area contributed by atoms with Gasteiger partial charge in [-0.15, -0.1) is 0 Å². The van der Waals surface area contributed by atoms with Crippen molar-refractivity contribution in [2.45, 2.75) is 26.8 Å². The van der Waals surface area contributed by atoms with Gasteiger partial charge in [-0.25, -0.2) is 14.6 Å². The van der Waals surface area contributed by atoms with Crippen molar-refractivity contribution >= 4 is 28.6 Å². The van der Waals surface area contributed by atoms with Crippen molar-refractivity contribution in [3.63, 3.8) is 0 Å². The fourth-order valence-electron chi connectivity index (χ4n) is 3.49. The van der Waals surface area contributed by atoms with Crippen LogP contribution in [0.1, 0.15) is 41.4 Å². The van der Waals surface area contributed by atoms with Gasteiger partial charge in [0.25, 0.3) is 5.91 Å². The summed E-state index contributed by atoms with van der Waals surface area (Å²) < 4.78 is 7.24. The number of ether oxygens (including phenoxy) is 1. The number of benzene rings is 2. The second-order valence-corrected chi connectivity index (χ2v) is 7.59. The largest absolute Gasteiger partial charge is 0.494 e. The molecule has 0 bridgehead atoms. The molecule has 0 saturated heterocycles. The Kier molecular flexibility index (Phi) is 6.02. The maximum absolute atomic E-state index is 12.7. The standard InChI is InChI=1S/C24H26N6O2/c1-5-32-21-10-9-18(11-15(21)2)24(31)28-19-8-6-7-17(12-19)16(3)27-22-14-25-20-13-26-30(4)23(20)29-22/h6-14,16H,5H2,1-4H3,(H,27,29)(H,28,31)/t16-/m0/s1. The molecule has 2 aromatic heterocycles. The third-order valence-electron chi connectivity index (χ3n) is 5.19. The van der Waals surface area contributed by atoms with Gasteiger partial charge in [-0.2, -0.15) is 5.10 Å². The molecule has 32 heavy (non-hydrogen) atoms. The first-order valence-electron chi connectivity index (χ1n) is 10.5. The van der Waals surface area contributed by atoms with Crippen LogP contribution >= 0.6 is 0 Å². The number of carbonyl (C=O) groups excluding carboxylic acids is 1. The average molecular weight is 431 g/mol. The number of aromatic nitrogens is 4. The fraction of sp³-hybridized carbons (Fsp3) is 0.250. The quantitative estimate of drug-likeness (QED) is 0.448. The van der Waals surface area contributed by atoms with Crippen LogP contribution in [0.2, 0.25) is 0 Å². The van der Waals surface area contributed by atoms with E-state index in [0.29, 0.717) is 23.6 Å². The number of nitrogens with zero attached hydrogens (tertiary/aromatic N) is 4. The number of amides is 1. The lowest BCUT2D eigenvalue weighted by Gasteiger charge is -2.16. The van der Waals surface area contributed by atoms with Crippen molar-refractivity contribution in [1.29, 1.82) is 0 Å². The molecule has 0 aliphatic heterocycles. The molecule has 0 unspecified atom stereocenters. The highest BCUT2D eigenvalue weighted by Crippen LogP contribution is 2.23. The van der Waals surface area contributed by atoms with E-state index in [1.807, 2.05) is 64.2 Å². The molecule has 1 amide bonds. The highest BCUT2D eigenvalue weighted by atomic mass is 16.5. The summed E-state index contributed by atoms with van der Waals surface area (Å²) in [5.74, 6) is 1.28. The summed E-state index contributed by atoms with van der Waals surface area (Å²) in [4.78, 5) is 21.7. The maximum Gasteiger partial charge on any atom is 0.255 e. The third kappa shape index (κ3) is 4.54. The van der Waals surface area contributed by atoms with E-state index in [2.05, 4.69) is 25.7 Å². The minimum Gasteiger partial charge on any atom is -0.494 e. The van der Waals surface area contributed by atoms with Gasteiger partial charge >= 0.3 is 0 Å². The Morgan fingerprint density at radius 3 is 2.81 bits per heavy atom. The topological polar surface area (TPSA) is 94.0 Å². The van der Waals surface area contributed by atoms with Gasteiger partial charge in [-0.3, -0.25) is 4.79 Å². The molecule has 0 fully saturated rings. The number of hydrogen-bond acceptors (Lipinski definition) is 6. The Morgan fingerprint density at radius 2 is 2.03 bits per heavy atom. The predicted octanol–water partition coefficient (Wildman–Crippen LogP) is 4.50. The predicted molar refractivity (Wildman–Crippen MR) is 125 cm³/mol. The van der Waals surface area contributed by atoms with Crippen LogP contribution in [0, 0.1) is 6.92 Å². The number of hydrogen-bond donors (Lipinski definition) is 2. The summed E-state index contributed by atoms with van der Waals surface area (Å²) >= 11 is 0. The molecule has 164 valence electrons. The Hall–Kier alpha value is -3.94. The summed E-state index contributed by atoms with van der Waals surface area (Å²) in [6, 6.07) is 13.1. The van der Waals surface area contributed by atoms with Crippen molar-refractivity contribution in [2.24, 2.45) is 7.05 Å². The van der Waals surface area contributed by atoms with Gasteiger partial charge < -0.3 is 15.4 Å². The number of fused-ring (bicyclic) bond motifs is 1. The van der Waals surface area contributed by atoms with E-state index in [-0.39, 0.29) is 11.9 Å². The first kappa shape index (κ1) is 21.3. The van der Waals surface area contributed by atoms with Crippen LogP contribution < -0.4 is 15.4 Å². The highest BCUT2D eigenvalue weighted by molar-refractivity contribution is 6.04. The smallest absolute Gasteiger partial charge is 0.255 e. The van der Waals surface area contributed by atoms with E-state index in [0.717, 1.165) is 28.1 Å². The number of anilines is 2. The van der Waals surface area contributed by atoms with Crippen LogP contribution in [0.25, 0.3) is 11.2 Å². The van der Waals surface area contributed by atoms with Crippen LogP contribution in [0.15, 0.2) is 54.9 Å². The zero-order valence-electron chi connectivity index (χ0n) is 18.6. The SMILES string of the molecule is CCOc1ccc(C(=O)Nc2cccc([C@H](C)Nc3cnc4cnn(C)c4n3)c2)cc1C. The molecular weight excluding hydrogens is 404 g/mol. The van der Waals surface area contributed by atoms with E-state index >= 15 is 0 Å². The van der Waals surface area contributed by atoms with Gasteiger partial charge in [0.1, 0.15) is 17.1 Å². The van der Waals surface area contributed by atoms with Crippen molar-refractivity contribution in [3.8, 4) is 5.75 Å². The minimum atomic E-state index is -0.165. The zero-order chi connectivity index (χ0) is 22.7. The van der Waals surface area contributed by atoms with Crippen LogP contribution in [0.5, 0.6) is 5.75 Å². The van der Waals surface area contributed by atoms with Crippen molar-refractivity contribution < 1.29 is 9.53 Å². The highest BCUT2D eigenvalue weighted by Gasteiger charge is 2.12. The number of nitrogens with one attached hydrogen (secondary N) is 2. The summed E-state index contributed by atoms with van der Waals surface area (Å²) in [5.41, 5.74) is 4.71. The molecular formula is C24H26N6O2. The lowest BCUT2D eigenvalue weighted by molar-refractivity contribution is 0.102. The van der Waals surface area contributed by atoms with E-state index in [9.17, 15) is 4.79 Å². The van der Waals surface area contributed by atoms with Crippen molar-refractivity contribution in [3.05, 3.63) is 71.5 Å². The Morgan fingerprint density at radius 1 is 1.19 bits per heavy atom. The molecule has 0 spiro atoms. The second kappa shape index (κ2) is 9.05. The van der Waals surface area contributed by atoms with Gasteiger partial charge in [0, 0.05) is 18.3 Å². The molecule has 0 aliphatic rings. The van der Waals surface area contributed by atoms with E-state index in [4.69, 9.17) is 4.74 Å². The Labute approximate surface area is 186 Å². The molecule has 4 rings (SSSR count). The van der Waals surface area contributed by atoms with E-state index in [1.54, 1.807) is 23.1 Å². The van der Waals surface area contributed by atoms with Gasteiger partial charge in [0.2, 0.25) is 0 Å². The van der Waals surface area contributed by atoms with Crippen LogP contribution in [-0.2, 0) is 7.05 Å². The molecule has 2 heterocycles. The molecule has 8 heteroatoms. The number of aryl methyl sites for hydroxylation is 2. The number of carbonyl (C=O) groups is 1. The van der Waals surface area contributed by atoms with Crippen molar-refractivity contribution in [1.82, 2.24) is 19.7 Å². The molecule has 0 saturated carbocycles. The summed E-state index contributed by atoms with van der Waals surface area (Å²) in [6.45, 7) is 6.49. The number of rotatable bonds is 7. The van der Waals surface area contributed by atoms with Crippen LogP contribution in [0.4, 0.5) is 11.5 Å². The van der Waals surface area contributed by atoms with Crippen LogP contribution in [0.3, 0.4) is 0 Å². The Bertz CT molecular complexity index is 1270. The average Bonchev–Trinajstić information content (AvgIpc) is 3.15. The second-order valence-electron chi connectivity index (χ2n) is 7.59. The monoisotopic (exact) mass is 430 g/mol.